The molecular weight excluding hydrogens is 472 g/mol. The summed E-state index contributed by atoms with van der Waals surface area (Å²) in [6.07, 6.45) is 1.18. The van der Waals surface area contributed by atoms with Gasteiger partial charge in [0.1, 0.15) is 11.9 Å². The maximum atomic E-state index is 13.5. The first-order chi connectivity index (χ1) is 16.9. The van der Waals surface area contributed by atoms with Crippen LogP contribution in [0.2, 0.25) is 5.02 Å². The molecule has 0 aliphatic carbocycles. The van der Waals surface area contributed by atoms with Crippen molar-refractivity contribution >= 4 is 51.4 Å². The monoisotopic (exact) mass is 492 g/mol. The van der Waals surface area contributed by atoms with Crippen molar-refractivity contribution < 1.29 is 14.5 Å². The Morgan fingerprint density at radius 3 is 2.66 bits per heavy atom. The molecule has 178 valence electrons. The van der Waals surface area contributed by atoms with Crippen LogP contribution in [0.25, 0.3) is 10.9 Å². The van der Waals surface area contributed by atoms with Gasteiger partial charge in [0.05, 0.1) is 23.8 Å². The lowest BCUT2D eigenvalue weighted by Crippen LogP contribution is -2.37. The Kier molecular flexibility index (Phi) is 6.06. The van der Waals surface area contributed by atoms with Gasteiger partial charge in [-0.2, -0.15) is 4.98 Å². The molecule has 0 saturated carbocycles. The predicted molar refractivity (Wildman–Crippen MR) is 133 cm³/mol. The van der Waals surface area contributed by atoms with E-state index in [4.69, 9.17) is 16.3 Å². The molecule has 0 atom stereocenters. The summed E-state index contributed by atoms with van der Waals surface area (Å²) in [7, 11) is 0. The van der Waals surface area contributed by atoms with Crippen LogP contribution in [0.15, 0.2) is 48.7 Å². The quantitative estimate of drug-likeness (QED) is 0.226. The summed E-state index contributed by atoms with van der Waals surface area (Å²) < 4.78 is 5.38. The maximum absolute atomic E-state index is 13.5. The van der Waals surface area contributed by atoms with E-state index < -0.39 is 4.92 Å². The Hall–Kier alpha value is -4.02. The third-order valence-corrected chi connectivity index (χ3v) is 6.03. The van der Waals surface area contributed by atoms with Crippen molar-refractivity contribution in [1.82, 2.24) is 15.0 Å². The van der Waals surface area contributed by atoms with Gasteiger partial charge in [-0.3, -0.25) is 14.9 Å². The van der Waals surface area contributed by atoms with Gasteiger partial charge in [-0.25, -0.2) is 4.98 Å². The van der Waals surface area contributed by atoms with Crippen LogP contribution >= 0.6 is 11.6 Å². The van der Waals surface area contributed by atoms with Crippen molar-refractivity contribution in [3.05, 3.63) is 80.6 Å². The Balaban J connectivity index is 1.62. The second kappa shape index (κ2) is 9.32. The minimum Gasteiger partial charge on any atom is -0.378 e. The van der Waals surface area contributed by atoms with Crippen LogP contribution in [0.1, 0.15) is 21.6 Å². The minimum absolute atomic E-state index is 0.00174. The van der Waals surface area contributed by atoms with Crippen molar-refractivity contribution in [3.8, 4) is 0 Å². The molecule has 2 aromatic heterocycles. The predicted octanol–water partition coefficient (Wildman–Crippen LogP) is 4.64. The average molecular weight is 493 g/mol. The fraction of sp³-hybridized carbons (Fsp3) is 0.208. The molecule has 2 N–H and O–H groups in total. The number of carbonyl (C=O) groups is 1. The van der Waals surface area contributed by atoms with Gasteiger partial charge in [-0.05, 0) is 42.8 Å². The molecule has 0 radical (unpaired) electrons. The number of halogens is 1. The molecule has 35 heavy (non-hydrogen) atoms. The molecule has 5 rings (SSSR count). The number of morpholine rings is 1. The van der Waals surface area contributed by atoms with Crippen LogP contribution in [-0.2, 0) is 4.74 Å². The Morgan fingerprint density at radius 1 is 1.20 bits per heavy atom. The van der Waals surface area contributed by atoms with E-state index in [2.05, 4.69) is 20.3 Å². The molecule has 10 nitrogen and oxygen atoms in total. The SMILES string of the molecule is Cc1ccc2c(Nc3nc(N4CCOCC4)ncc3[N+](=O)[O-])c(C(=O)c3ccc(Cl)cc3)[nH]c2c1. The third kappa shape index (κ3) is 4.53. The highest BCUT2D eigenvalue weighted by Gasteiger charge is 2.25. The van der Waals surface area contributed by atoms with Crippen molar-refractivity contribution in [1.29, 1.82) is 0 Å². The number of anilines is 3. The second-order valence-electron chi connectivity index (χ2n) is 8.15. The van der Waals surface area contributed by atoms with E-state index >= 15 is 0 Å². The first-order valence-electron chi connectivity index (χ1n) is 10.9. The van der Waals surface area contributed by atoms with Gasteiger partial charge < -0.3 is 19.9 Å². The number of rotatable bonds is 6. The normalized spacial score (nSPS) is 13.7. The van der Waals surface area contributed by atoms with E-state index in [0.29, 0.717) is 53.9 Å². The Bertz CT molecular complexity index is 1430. The smallest absolute Gasteiger partial charge is 0.329 e. The number of H-pyrrole nitrogens is 1. The molecule has 1 aliphatic heterocycles. The average Bonchev–Trinajstić information content (AvgIpc) is 3.21. The molecule has 11 heteroatoms. The van der Waals surface area contributed by atoms with Crippen LogP contribution < -0.4 is 10.2 Å². The summed E-state index contributed by atoms with van der Waals surface area (Å²) in [5.41, 5.74) is 2.50. The number of aromatic amines is 1. The fourth-order valence-electron chi connectivity index (χ4n) is 3.98. The lowest BCUT2D eigenvalue weighted by Gasteiger charge is -2.26. The number of nitro groups is 1. The van der Waals surface area contributed by atoms with Gasteiger partial charge in [0.15, 0.2) is 0 Å². The van der Waals surface area contributed by atoms with Gasteiger partial charge in [-0.15, -0.1) is 0 Å². The van der Waals surface area contributed by atoms with Gasteiger partial charge in [0.25, 0.3) is 0 Å². The molecule has 0 bridgehead atoms. The highest BCUT2D eigenvalue weighted by Crippen LogP contribution is 2.35. The highest BCUT2D eigenvalue weighted by atomic mass is 35.5. The number of aryl methyl sites for hydroxylation is 1. The number of ether oxygens (including phenoxy) is 1. The number of aromatic nitrogens is 3. The fourth-order valence-corrected chi connectivity index (χ4v) is 4.11. The zero-order valence-corrected chi connectivity index (χ0v) is 19.5. The summed E-state index contributed by atoms with van der Waals surface area (Å²) in [6, 6.07) is 12.2. The summed E-state index contributed by atoms with van der Waals surface area (Å²) in [4.78, 5) is 38.4. The molecular formula is C24H21ClN6O4. The van der Waals surface area contributed by atoms with Crippen molar-refractivity contribution in [2.45, 2.75) is 6.92 Å². The molecule has 0 unspecified atom stereocenters. The van der Waals surface area contributed by atoms with Crippen LogP contribution in [-0.4, -0.2) is 52.0 Å². The lowest BCUT2D eigenvalue weighted by molar-refractivity contribution is -0.384. The van der Waals surface area contributed by atoms with E-state index in [0.717, 1.165) is 11.1 Å². The van der Waals surface area contributed by atoms with Crippen LogP contribution in [0.5, 0.6) is 0 Å². The molecule has 4 aromatic rings. The number of carbonyl (C=O) groups excluding carboxylic acids is 1. The number of nitrogens with zero attached hydrogens (tertiary/aromatic N) is 4. The first-order valence-corrected chi connectivity index (χ1v) is 11.3. The van der Waals surface area contributed by atoms with Gasteiger partial charge in [0.2, 0.25) is 17.5 Å². The molecule has 1 saturated heterocycles. The van der Waals surface area contributed by atoms with E-state index in [9.17, 15) is 14.9 Å². The minimum atomic E-state index is -0.550. The zero-order chi connectivity index (χ0) is 24.5. The van der Waals surface area contributed by atoms with Crippen molar-refractivity contribution in [2.24, 2.45) is 0 Å². The first kappa shape index (κ1) is 22.8. The van der Waals surface area contributed by atoms with Gasteiger partial charge >= 0.3 is 5.69 Å². The molecule has 3 heterocycles. The number of hydrogen-bond donors (Lipinski definition) is 2. The summed E-state index contributed by atoms with van der Waals surface area (Å²) in [5.74, 6) is 0.0592. The number of benzene rings is 2. The van der Waals surface area contributed by atoms with Gasteiger partial charge in [-0.1, -0.05) is 23.7 Å². The van der Waals surface area contributed by atoms with E-state index in [1.165, 1.54) is 6.20 Å². The van der Waals surface area contributed by atoms with E-state index in [-0.39, 0.29) is 23.0 Å². The largest absolute Gasteiger partial charge is 0.378 e. The van der Waals surface area contributed by atoms with Crippen LogP contribution in [0.4, 0.5) is 23.1 Å². The van der Waals surface area contributed by atoms with Crippen molar-refractivity contribution in [3.63, 3.8) is 0 Å². The van der Waals surface area contributed by atoms with Crippen molar-refractivity contribution in [2.75, 3.05) is 36.5 Å². The number of hydrogen-bond acceptors (Lipinski definition) is 8. The second-order valence-corrected chi connectivity index (χ2v) is 8.58. The molecule has 1 aliphatic rings. The topological polar surface area (TPSA) is 126 Å². The summed E-state index contributed by atoms with van der Waals surface area (Å²) in [6.45, 7) is 4.13. The Morgan fingerprint density at radius 2 is 1.94 bits per heavy atom. The molecule has 2 aromatic carbocycles. The lowest BCUT2D eigenvalue weighted by atomic mass is 10.1. The molecule has 1 fully saturated rings. The molecule has 0 spiro atoms. The molecule has 0 amide bonds. The number of nitrogens with one attached hydrogen (secondary N) is 2. The Labute approximate surface area is 205 Å². The van der Waals surface area contributed by atoms with Crippen LogP contribution in [0, 0.1) is 17.0 Å². The van der Waals surface area contributed by atoms with Crippen LogP contribution in [0.3, 0.4) is 0 Å². The highest BCUT2D eigenvalue weighted by molar-refractivity contribution is 6.30. The zero-order valence-electron chi connectivity index (χ0n) is 18.7. The van der Waals surface area contributed by atoms with Gasteiger partial charge in [0, 0.05) is 34.6 Å². The number of fused-ring (bicyclic) bond motifs is 1. The van der Waals surface area contributed by atoms with E-state index in [1.54, 1.807) is 24.3 Å². The summed E-state index contributed by atoms with van der Waals surface area (Å²) >= 11 is 5.99. The third-order valence-electron chi connectivity index (χ3n) is 5.78. The van der Waals surface area contributed by atoms with E-state index in [1.807, 2.05) is 30.0 Å². The standard InChI is InChI=1S/C24H21ClN6O4/c1-14-2-7-17-18(12-14)27-21(22(32)15-3-5-16(25)6-4-15)20(17)28-23-19(31(33)34)13-26-24(29-23)30-8-10-35-11-9-30/h2-7,12-13,27H,8-11H2,1H3,(H,26,28,29). The summed E-state index contributed by atoms with van der Waals surface area (Å²) in [5, 5.41) is 16.1. The maximum Gasteiger partial charge on any atom is 0.329 e. The number of ketones is 1.